The van der Waals surface area contributed by atoms with E-state index in [1.165, 1.54) is 4.90 Å². The molecule has 3 rings (SSSR count). The minimum Gasteiger partial charge on any atom is -0.444 e. The highest BCUT2D eigenvalue weighted by molar-refractivity contribution is 6.31. The summed E-state index contributed by atoms with van der Waals surface area (Å²) in [6, 6.07) is 3.25. The molecule has 3 N–H and O–H groups in total. The molecule has 0 bridgehead atoms. The second-order valence-electron chi connectivity index (χ2n) is 10.6. The summed E-state index contributed by atoms with van der Waals surface area (Å²) in [5.74, 6) is -1.07. The summed E-state index contributed by atoms with van der Waals surface area (Å²) in [4.78, 5) is 55.7. The molecule has 1 aromatic carbocycles. The lowest BCUT2D eigenvalue weighted by atomic mass is 10.1. The Bertz CT molecular complexity index is 1180. The number of benzene rings is 1. The second kappa shape index (κ2) is 10.8. The predicted octanol–water partition coefficient (Wildman–Crippen LogP) is 3.44. The number of hydrogen-bond donors (Lipinski definition) is 3. The van der Waals surface area contributed by atoms with E-state index in [0.29, 0.717) is 16.1 Å². The summed E-state index contributed by atoms with van der Waals surface area (Å²) >= 11 is 5.98. The Morgan fingerprint density at radius 3 is 2.43 bits per heavy atom. The Hall–Kier alpha value is -3.54. The van der Waals surface area contributed by atoms with E-state index in [-0.39, 0.29) is 25.5 Å². The number of aromatic nitrogens is 1. The number of likely N-dealkylation sites (tertiary alicyclic amines) is 1. The first-order valence-electron chi connectivity index (χ1n) is 11.7. The van der Waals surface area contributed by atoms with Crippen molar-refractivity contribution in [3.8, 4) is 0 Å². The van der Waals surface area contributed by atoms with Crippen LogP contribution in [-0.4, -0.2) is 70.3 Å². The van der Waals surface area contributed by atoms with E-state index in [0.717, 1.165) is 0 Å². The van der Waals surface area contributed by atoms with Crippen molar-refractivity contribution in [3.05, 3.63) is 23.2 Å². The number of halogens is 1. The third kappa shape index (κ3) is 8.24. The van der Waals surface area contributed by atoms with Crippen LogP contribution in [0.4, 0.5) is 15.6 Å². The average Bonchev–Trinajstić information content (AvgIpc) is 3.33. The number of nitrogens with zero attached hydrogens (tertiary/aromatic N) is 2. The Morgan fingerprint density at radius 2 is 1.78 bits per heavy atom. The van der Waals surface area contributed by atoms with E-state index in [4.69, 9.17) is 25.5 Å². The van der Waals surface area contributed by atoms with Crippen molar-refractivity contribution in [2.24, 2.45) is 0 Å². The molecule has 1 saturated heterocycles. The minimum absolute atomic E-state index is 0.0222. The van der Waals surface area contributed by atoms with Crippen molar-refractivity contribution in [2.75, 3.05) is 18.4 Å². The highest BCUT2D eigenvalue weighted by atomic mass is 35.5. The van der Waals surface area contributed by atoms with Crippen LogP contribution in [0.3, 0.4) is 0 Å². The number of fused-ring (bicyclic) bond motifs is 1. The first kappa shape index (κ1) is 28.0. The number of ether oxygens (including phenoxy) is 2. The van der Waals surface area contributed by atoms with Gasteiger partial charge in [0.15, 0.2) is 5.58 Å². The molecular formula is C24H32ClN5O7. The maximum Gasteiger partial charge on any atom is 0.411 e. The molecule has 0 aliphatic carbocycles. The van der Waals surface area contributed by atoms with Crippen molar-refractivity contribution in [1.29, 1.82) is 0 Å². The molecule has 1 aliphatic heterocycles. The highest BCUT2D eigenvalue weighted by Crippen LogP contribution is 2.25. The molecule has 0 radical (unpaired) electrons. The Labute approximate surface area is 219 Å². The van der Waals surface area contributed by atoms with Crippen LogP contribution in [0.2, 0.25) is 5.02 Å². The van der Waals surface area contributed by atoms with Crippen LogP contribution in [-0.2, 0) is 19.1 Å². The van der Waals surface area contributed by atoms with Gasteiger partial charge in [-0.3, -0.25) is 19.8 Å². The van der Waals surface area contributed by atoms with Gasteiger partial charge in [-0.25, -0.2) is 9.59 Å². The first-order valence-corrected chi connectivity index (χ1v) is 12.1. The van der Waals surface area contributed by atoms with E-state index in [9.17, 15) is 19.2 Å². The van der Waals surface area contributed by atoms with Crippen LogP contribution in [0.15, 0.2) is 22.6 Å². The van der Waals surface area contributed by atoms with Crippen molar-refractivity contribution >= 4 is 52.7 Å². The van der Waals surface area contributed by atoms with E-state index < -0.39 is 47.3 Å². The van der Waals surface area contributed by atoms with Gasteiger partial charge in [0.25, 0.3) is 5.91 Å². The van der Waals surface area contributed by atoms with Crippen LogP contribution in [0.5, 0.6) is 0 Å². The zero-order chi connectivity index (χ0) is 27.5. The molecule has 37 heavy (non-hydrogen) atoms. The summed E-state index contributed by atoms with van der Waals surface area (Å²) in [6.45, 7) is 9.94. The first-order chi connectivity index (χ1) is 17.1. The maximum atomic E-state index is 13.1. The second-order valence-corrected chi connectivity index (χ2v) is 11.1. The van der Waals surface area contributed by atoms with Gasteiger partial charge in [-0.05, 0) is 66.2 Å². The van der Waals surface area contributed by atoms with Crippen molar-refractivity contribution in [3.63, 3.8) is 0 Å². The van der Waals surface area contributed by atoms with E-state index >= 15 is 0 Å². The lowest BCUT2D eigenvalue weighted by Gasteiger charge is -2.27. The number of rotatable bonds is 5. The zero-order valence-corrected chi connectivity index (χ0v) is 22.4. The number of carbonyl (C=O) groups excluding carboxylic acids is 4. The van der Waals surface area contributed by atoms with Crippen LogP contribution in [0.25, 0.3) is 11.1 Å². The van der Waals surface area contributed by atoms with Gasteiger partial charge in [0.1, 0.15) is 29.3 Å². The van der Waals surface area contributed by atoms with Crippen LogP contribution in [0, 0.1) is 0 Å². The van der Waals surface area contributed by atoms with Gasteiger partial charge < -0.3 is 24.5 Å². The monoisotopic (exact) mass is 537 g/mol. The quantitative estimate of drug-likeness (QED) is 0.524. The number of hydrogen-bond acceptors (Lipinski definition) is 8. The van der Waals surface area contributed by atoms with E-state index in [2.05, 4.69) is 20.9 Å². The van der Waals surface area contributed by atoms with Crippen LogP contribution >= 0.6 is 11.6 Å². The smallest absolute Gasteiger partial charge is 0.411 e. The zero-order valence-electron chi connectivity index (χ0n) is 21.6. The van der Waals surface area contributed by atoms with Gasteiger partial charge in [0.2, 0.25) is 5.91 Å². The molecule has 2 heterocycles. The molecule has 1 fully saturated rings. The molecule has 2 aromatic rings. The highest BCUT2D eigenvalue weighted by Gasteiger charge is 2.42. The summed E-state index contributed by atoms with van der Waals surface area (Å²) < 4.78 is 16.1. The van der Waals surface area contributed by atoms with Gasteiger partial charge in [-0.15, -0.1) is 0 Å². The Kier molecular flexibility index (Phi) is 8.21. The molecule has 202 valence electrons. The third-order valence-corrected chi connectivity index (χ3v) is 5.20. The SMILES string of the molecule is CC(C)(C)OC(=O)NCC(=O)N[C@@H]1C[C@@H](C(=O)Nc2nc3cc(Cl)ccc3o2)N(C(=O)OC(C)(C)C)C1. The van der Waals surface area contributed by atoms with Crippen molar-refractivity contribution in [2.45, 2.75) is 71.2 Å². The predicted molar refractivity (Wildman–Crippen MR) is 135 cm³/mol. The lowest BCUT2D eigenvalue weighted by Crippen LogP contribution is -2.46. The maximum absolute atomic E-state index is 13.1. The molecule has 1 aromatic heterocycles. The Morgan fingerprint density at radius 1 is 1.11 bits per heavy atom. The fourth-order valence-corrected chi connectivity index (χ4v) is 3.77. The van der Waals surface area contributed by atoms with Gasteiger partial charge in [-0.2, -0.15) is 4.98 Å². The normalized spacial score (nSPS) is 17.9. The molecule has 4 amide bonds. The molecule has 0 spiro atoms. The minimum atomic E-state index is -0.974. The number of oxazole rings is 1. The molecular weight excluding hydrogens is 506 g/mol. The fraction of sp³-hybridized carbons (Fsp3) is 0.542. The number of carbonyl (C=O) groups is 4. The lowest BCUT2D eigenvalue weighted by molar-refractivity contribution is -0.121. The van der Waals surface area contributed by atoms with Gasteiger partial charge >= 0.3 is 18.2 Å². The van der Waals surface area contributed by atoms with Gasteiger partial charge in [-0.1, -0.05) is 11.6 Å². The fourth-order valence-electron chi connectivity index (χ4n) is 3.60. The molecule has 12 nitrogen and oxygen atoms in total. The molecule has 2 atom stereocenters. The summed E-state index contributed by atoms with van der Waals surface area (Å²) in [7, 11) is 0. The summed E-state index contributed by atoms with van der Waals surface area (Å²) in [5.41, 5.74) is -0.615. The number of alkyl carbamates (subject to hydrolysis) is 1. The van der Waals surface area contributed by atoms with Gasteiger partial charge in [0.05, 0.1) is 0 Å². The molecule has 0 saturated carbocycles. The topological polar surface area (TPSA) is 152 Å². The Balaban J connectivity index is 1.67. The molecule has 1 aliphatic rings. The number of anilines is 1. The van der Waals surface area contributed by atoms with Gasteiger partial charge in [0, 0.05) is 17.6 Å². The van der Waals surface area contributed by atoms with Crippen molar-refractivity contribution in [1.82, 2.24) is 20.5 Å². The molecule has 13 heteroatoms. The summed E-state index contributed by atoms with van der Waals surface area (Å²) in [5, 5.41) is 8.15. The summed E-state index contributed by atoms with van der Waals surface area (Å²) in [6.07, 6.45) is -1.34. The van der Waals surface area contributed by atoms with Crippen LogP contribution in [0.1, 0.15) is 48.0 Å². The largest absolute Gasteiger partial charge is 0.444 e. The number of amides is 4. The van der Waals surface area contributed by atoms with Crippen molar-refractivity contribution < 1.29 is 33.1 Å². The standard InChI is InChI=1S/C24H32ClN5O7/c1-23(2,3)36-21(33)26-11-18(31)27-14-10-16(30(12-14)22(34)37-24(4,5)6)19(32)29-20-28-15-9-13(25)7-8-17(15)35-20/h7-9,14,16H,10-12H2,1-6H3,(H,26,33)(H,27,31)(H,28,29,32)/t14-,16+/m1/s1. The van der Waals surface area contributed by atoms with Crippen LogP contribution < -0.4 is 16.0 Å². The van der Waals surface area contributed by atoms with E-state index in [1.807, 2.05) is 0 Å². The average molecular weight is 538 g/mol. The molecule has 0 unspecified atom stereocenters. The van der Waals surface area contributed by atoms with E-state index in [1.54, 1.807) is 59.7 Å². The third-order valence-electron chi connectivity index (χ3n) is 4.97. The number of nitrogens with one attached hydrogen (secondary N) is 3.